The average molecular weight is 169 g/mol. The van der Waals surface area contributed by atoms with Crippen LogP contribution in [0.5, 0.6) is 0 Å². The van der Waals surface area contributed by atoms with Gasteiger partial charge in [0.05, 0.1) is 6.26 Å². The van der Waals surface area contributed by atoms with Crippen molar-refractivity contribution in [3.8, 4) is 0 Å². The van der Waals surface area contributed by atoms with Gasteiger partial charge in [-0.05, 0) is 38.7 Å². The number of rotatable bonds is 3. The normalized spacial score (nSPS) is 30.3. The van der Waals surface area contributed by atoms with E-state index >= 15 is 0 Å². The second kappa shape index (κ2) is 3.48. The minimum absolute atomic E-state index is 0.257. The predicted octanol–water partition coefficient (Wildman–Crippen LogP) is 2.05. The zero-order valence-electron chi connectivity index (χ0n) is 8.21. The van der Waals surface area contributed by atoms with Gasteiger partial charge in [0, 0.05) is 5.54 Å². The molecular weight excluding hydrogens is 150 g/mol. The van der Waals surface area contributed by atoms with E-state index in [4.69, 9.17) is 10.5 Å². The molecule has 1 saturated carbocycles. The highest BCUT2D eigenvalue weighted by atomic mass is 16.5. The highest BCUT2D eigenvalue weighted by Gasteiger charge is 2.27. The highest BCUT2D eigenvalue weighted by Crippen LogP contribution is 2.29. The summed E-state index contributed by atoms with van der Waals surface area (Å²) in [5.74, 6) is 0.718. The van der Waals surface area contributed by atoms with Crippen LogP contribution in [0.1, 0.15) is 33.6 Å². The van der Waals surface area contributed by atoms with E-state index in [0.29, 0.717) is 6.10 Å². The summed E-state index contributed by atoms with van der Waals surface area (Å²) in [6, 6.07) is 0. The van der Waals surface area contributed by atoms with Gasteiger partial charge in [-0.1, -0.05) is 6.92 Å². The van der Waals surface area contributed by atoms with Crippen molar-refractivity contribution in [2.45, 2.75) is 45.3 Å². The highest BCUT2D eigenvalue weighted by molar-refractivity contribution is 4.96. The molecule has 0 aromatic heterocycles. The lowest BCUT2D eigenvalue weighted by Crippen LogP contribution is -2.31. The first-order valence-corrected chi connectivity index (χ1v) is 4.61. The van der Waals surface area contributed by atoms with Crippen molar-refractivity contribution in [2.75, 3.05) is 0 Å². The summed E-state index contributed by atoms with van der Waals surface area (Å²) in [7, 11) is 0. The van der Waals surface area contributed by atoms with Gasteiger partial charge in [0.1, 0.15) is 6.10 Å². The summed E-state index contributed by atoms with van der Waals surface area (Å²) in [5.41, 5.74) is 5.49. The van der Waals surface area contributed by atoms with Gasteiger partial charge in [-0.3, -0.25) is 0 Å². The van der Waals surface area contributed by atoms with E-state index in [0.717, 1.165) is 5.92 Å². The van der Waals surface area contributed by atoms with E-state index < -0.39 is 0 Å². The van der Waals surface area contributed by atoms with Gasteiger partial charge in [0.25, 0.3) is 0 Å². The van der Waals surface area contributed by atoms with Crippen molar-refractivity contribution in [1.82, 2.24) is 0 Å². The minimum atomic E-state index is -0.257. The van der Waals surface area contributed by atoms with E-state index in [2.05, 4.69) is 6.92 Å². The molecule has 0 bridgehead atoms. The Morgan fingerprint density at radius 1 is 1.42 bits per heavy atom. The lowest BCUT2D eigenvalue weighted by Gasteiger charge is -2.32. The quantitative estimate of drug-likeness (QED) is 0.656. The van der Waals surface area contributed by atoms with Crippen molar-refractivity contribution in [2.24, 2.45) is 11.7 Å². The molecular formula is C10H19NO. The Labute approximate surface area is 74.8 Å². The lowest BCUT2D eigenvalue weighted by molar-refractivity contribution is 0.0185. The average Bonchev–Trinajstić information content (AvgIpc) is 1.93. The van der Waals surface area contributed by atoms with Crippen LogP contribution >= 0.6 is 0 Å². The van der Waals surface area contributed by atoms with E-state index in [-0.39, 0.29) is 5.54 Å². The first kappa shape index (κ1) is 9.59. The number of ether oxygens (including phenoxy) is 1. The van der Waals surface area contributed by atoms with E-state index in [9.17, 15) is 0 Å². The second-order valence-electron chi connectivity index (χ2n) is 4.35. The SMILES string of the molecule is CC1CCC1O/C=C/C(C)(C)N. The molecule has 1 fully saturated rings. The van der Waals surface area contributed by atoms with Crippen LogP contribution in [0.2, 0.25) is 0 Å². The van der Waals surface area contributed by atoms with Crippen molar-refractivity contribution >= 4 is 0 Å². The van der Waals surface area contributed by atoms with Crippen molar-refractivity contribution in [3.05, 3.63) is 12.3 Å². The molecule has 2 atom stereocenters. The Hall–Kier alpha value is -0.500. The molecule has 2 unspecified atom stereocenters. The van der Waals surface area contributed by atoms with E-state index in [1.54, 1.807) is 6.26 Å². The van der Waals surface area contributed by atoms with Crippen LogP contribution < -0.4 is 5.73 Å². The Kier molecular flexibility index (Phi) is 2.78. The molecule has 2 heteroatoms. The molecule has 0 heterocycles. The van der Waals surface area contributed by atoms with Crippen LogP contribution in [0, 0.1) is 5.92 Å². The Morgan fingerprint density at radius 2 is 2.08 bits per heavy atom. The molecule has 1 aliphatic carbocycles. The van der Waals surface area contributed by atoms with Gasteiger partial charge in [-0.15, -0.1) is 0 Å². The van der Waals surface area contributed by atoms with Crippen LogP contribution in [0.15, 0.2) is 12.3 Å². The molecule has 2 nitrogen and oxygen atoms in total. The minimum Gasteiger partial charge on any atom is -0.498 e. The molecule has 0 saturated heterocycles. The lowest BCUT2D eigenvalue weighted by atomic mass is 9.84. The molecule has 2 N–H and O–H groups in total. The second-order valence-corrected chi connectivity index (χ2v) is 4.35. The Bertz CT molecular complexity index is 169. The third-order valence-electron chi connectivity index (χ3n) is 2.29. The molecule has 0 aromatic carbocycles. The molecule has 0 spiro atoms. The molecule has 0 radical (unpaired) electrons. The van der Waals surface area contributed by atoms with Gasteiger partial charge in [0.15, 0.2) is 0 Å². The smallest absolute Gasteiger partial charge is 0.100 e. The third-order valence-corrected chi connectivity index (χ3v) is 2.29. The number of nitrogens with two attached hydrogens (primary N) is 1. The van der Waals surface area contributed by atoms with Crippen molar-refractivity contribution in [3.63, 3.8) is 0 Å². The van der Waals surface area contributed by atoms with Gasteiger partial charge in [0.2, 0.25) is 0 Å². The molecule has 1 aliphatic rings. The Balaban J connectivity index is 2.21. The first-order valence-electron chi connectivity index (χ1n) is 4.61. The molecule has 0 amide bonds. The topological polar surface area (TPSA) is 35.2 Å². The molecule has 0 aromatic rings. The molecule has 0 aliphatic heterocycles. The standard InChI is InChI=1S/C10H19NO/c1-8-4-5-9(8)12-7-6-10(2,3)11/h6-9H,4-5,11H2,1-3H3/b7-6+. The molecule has 12 heavy (non-hydrogen) atoms. The third kappa shape index (κ3) is 2.86. The maximum atomic E-state index is 5.75. The van der Waals surface area contributed by atoms with Gasteiger partial charge in [-0.25, -0.2) is 0 Å². The number of hydrogen-bond acceptors (Lipinski definition) is 2. The Morgan fingerprint density at radius 3 is 2.42 bits per heavy atom. The molecule has 70 valence electrons. The fraction of sp³-hybridized carbons (Fsp3) is 0.800. The van der Waals surface area contributed by atoms with Crippen LogP contribution in [0.25, 0.3) is 0 Å². The van der Waals surface area contributed by atoms with Crippen LogP contribution in [-0.2, 0) is 4.74 Å². The summed E-state index contributed by atoms with van der Waals surface area (Å²) < 4.78 is 5.51. The molecule has 1 rings (SSSR count). The van der Waals surface area contributed by atoms with Crippen LogP contribution in [-0.4, -0.2) is 11.6 Å². The zero-order chi connectivity index (χ0) is 9.19. The van der Waals surface area contributed by atoms with Crippen LogP contribution in [0.3, 0.4) is 0 Å². The summed E-state index contributed by atoms with van der Waals surface area (Å²) in [6.07, 6.45) is 6.57. The van der Waals surface area contributed by atoms with Gasteiger partial charge in [-0.2, -0.15) is 0 Å². The fourth-order valence-electron chi connectivity index (χ4n) is 1.15. The van der Waals surface area contributed by atoms with E-state index in [1.165, 1.54) is 12.8 Å². The number of hydrogen-bond donors (Lipinski definition) is 1. The summed E-state index contributed by atoms with van der Waals surface area (Å²) in [5, 5.41) is 0. The van der Waals surface area contributed by atoms with Gasteiger partial charge >= 0.3 is 0 Å². The zero-order valence-corrected chi connectivity index (χ0v) is 8.21. The summed E-state index contributed by atoms with van der Waals surface area (Å²) in [6.45, 7) is 6.13. The fourth-order valence-corrected chi connectivity index (χ4v) is 1.15. The summed E-state index contributed by atoms with van der Waals surface area (Å²) >= 11 is 0. The summed E-state index contributed by atoms with van der Waals surface area (Å²) in [4.78, 5) is 0. The maximum absolute atomic E-state index is 5.75. The maximum Gasteiger partial charge on any atom is 0.100 e. The van der Waals surface area contributed by atoms with Gasteiger partial charge < -0.3 is 10.5 Å². The van der Waals surface area contributed by atoms with Crippen molar-refractivity contribution in [1.29, 1.82) is 0 Å². The van der Waals surface area contributed by atoms with E-state index in [1.807, 2.05) is 19.9 Å². The largest absolute Gasteiger partial charge is 0.498 e. The first-order chi connectivity index (χ1) is 5.49. The van der Waals surface area contributed by atoms with Crippen molar-refractivity contribution < 1.29 is 4.74 Å². The van der Waals surface area contributed by atoms with Crippen LogP contribution in [0.4, 0.5) is 0 Å². The monoisotopic (exact) mass is 169 g/mol. The predicted molar refractivity (Wildman–Crippen MR) is 50.7 cm³/mol.